The molecular weight excluding hydrogens is 314 g/mol. The van der Waals surface area contributed by atoms with Crippen LogP contribution in [0.3, 0.4) is 0 Å². The minimum absolute atomic E-state index is 0.0791. The third-order valence-electron chi connectivity index (χ3n) is 5.23. The number of hydrogen-bond donors (Lipinski definition) is 2. The van der Waals surface area contributed by atoms with Gasteiger partial charge in [0.1, 0.15) is 0 Å². The van der Waals surface area contributed by atoms with Gasteiger partial charge in [-0.25, -0.2) is 0 Å². The van der Waals surface area contributed by atoms with E-state index in [0.29, 0.717) is 11.5 Å². The van der Waals surface area contributed by atoms with Crippen molar-refractivity contribution in [2.45, 2.75) is 52.0 Å². The molecule has 0 saturated carbocycles. The normalized spacial score (nSPS) is 19.4. The van der Waals surface area contributed by atoms with Crippen LogP contribution in [-0.2, 0) is 10.2 Å². The van der Waals surface area contributed by atoms with Gasteiger partial charge in [-0.05, 0) is 69.5 Å². The molecule has 25 heavy (non-hydrogen) atoms. The molecule has 136 valence electrons. The number of anilines is 1. The van der Waals surface area contributed by atoms with Crippen LogP contribution in [-0.4, -0.2) is 42.4 Å². The lowest BCUT2D eigenvalue weighted by atomic mass is 9.73. The number of piperidine rings is 1. The topological polar surface area (TPSA) is 61.4 Å². The van der Waals surface area contributed by atoms with Gasteiger partial charge in [-0.15, -0.1) is 0 Å². The van der Waals surface area contributed by atoms with Gasteiger partial charge in [-0.1, -0.05) is 13.8 Å². The largest absolute Gasteiger partial charge is 0.350 e. The van der Waals surface area contributed by atoms with Gasteiger partial charge >= 0.3 is 0 Å². The van der Waals surface area contributed by atoms with Crippen molar-refractivity contribution in [1.82, 2.24) is 10.2 Å². The van der Waals surface area contributed by atoms with Crippen molar-refractivity contribution in [3.8, 4) is 0 Å². The summed E-state index contributed by atoms with van der Waals surface area (Å²) in [5, 5.41) is 5.96. The predicted molar refractivity (Wildman–Crippen MR) is 99.9 cm³/mol. The van der Waals surface area contributed by atoms with E-state index < -0.39 is 5.41 Å². The molecular formula is C20H29N3O2. The van der Waals surface area contributed by atoms with Crippen molar-refractivity contribution in [1.29, 1.82) is 0 Å². The van der Waals surface area contributed by atoms with Gasteiger partial charge in [0.05, 0.1) is 5.41 Å². The van der Waals surface area contributed by atoms with Crippen LogP contribution in [0, 0.1) is 5.92 Å². The average molecular weight is 343 g/mol. The Morgan fingerprint density at radius 1 is 1.24 bits per heavy atom. The van der Waals surface area contributed by atoms with Crippen molar-refractivity contribution >= 4 is 17.5 Å². The number of hydrogen-bond acceptors (Lipinski definition) is 3. The SMILES string of the molecule is CC(C)CN1CCC2(CC1)C(=O)Nc1ccc(C(=O)NC(C)C)cc12. The van der Waals surface area contributed by atoms with Crippen LogP contribution in [0.15, 0.2) is 18.2 Å². The molecule has 1 spiro atoms. The summed E-state index contributed by atoms with van der Waals surface area (Å²) < 4.78 is 0. The third kappa shape index (κ3) is 3.43. The highest BCUT2D eigenvalue weighted by atomic mass is 16.2. The van der Waals surface area contributed by atoms with Crippen LogP contribution in [0.5, 0.6) is 0 Å². The highest BCUT2D eigenvalue weighted by molar-refractivity contribution is 6.07. The summed E-state index contributed by atoms with van der Waals surface area (Å²) in [6.45, 7) is 11.3. The molecule has 2 N–H and O–H groups in total. The van der Waals surface area contributed by atoms with E-state index in [2.05, 4.69) is 29.4 Å². The Balaban J connectivity index is 1.85. The van der Waals surface area contributed by atoms with Crippen LogP contribution >= 0.6 is 0 Å². The molecule has 0 bridgehead atoms. The molecule has 1 aromatic rings. The molecule has 1 fully saturated rings. The first kappa shape index (κ1) is 17.9. The van der Waals surface area contributed by atoms with Gasteiger partial charge in [0.2, 0.25) is 5.91 Å². The van der Waals surface area contributed by atoms with Gasteiger partial charge < -0.3 is 15.5 Å². The summed E-state index contributed by atoms with van der Waals surface area (Å²) in [4.78, 5) is 27.6. The first-order chi connectivity index (χ1) is 11.8. The molecule has 2 aliphatic heterocycles. The zero-order valence-electron chi connectivity index (χ0n) is 15.7. The molecule has 1 saturated heterocycles. The summed E-state index contributed by atoms with van der Waals surface area (Å²) in [7, 11) is 0. The maximum atomic E-state index is 12.8. The molecule has 0 aliphatic carbocycles. The fourth-order valence-electron chi connectivity index (χ4n) is 4.03. The summed E-state index contributed by atoms with van der Waals surface area (Å²) >= 11 is 0. The maximum absolute atomic E-state index is 12.8. The average Bonchev–Trinajstić information content (AvgIpc) is 2.80. The minimum Gasteiger partial charge on any atom is -0.350 e. The number of nitrogens with one attached hydrogen (secondary N) is 2. The van der Waals surface area contributed by atoms with Crippen LogP contribution < -0.4 is 10.6 Å². The Labute approximate surface area is 150 Å². The van der Waals surface area contributed by atoms with Crippen molar-refractivity contribution in [2.75, 3.05) is 25.0 Å². The second-order valence-corrected chi connectivity index (χ2v) is 8.12. The third-order valence-corrected chi connectivity index (χ3v) is 5.23. The second-order valence-electron chi connectivity index (χ2n) is 8.12. The van der Waals surface area contributed by atoms with Crippen LogP contribution in [0.1, 0.15) is 56.5 Å². The van der Waals surface area contributed by atoms with Gasteiger partial charge in [0.15, 0.2) is 0 Å². The monoisotopic (exact) mass is 343 g/mol. The van der Waals surface area contributed by atoms with Gasteiger partial charge in [0, 0.05) is 23.8 Å². The lowest BCUT2D eigenvalue weighted by Crippen LogP contribution is -2.47. The lowest BCUT2D eigenvalue weighted by Gasteiger charge is -2.38. The number of nitrogens with zero attached hydrogens (tertiary/aromatic N) is 1. The number of benzene rings is 1. The molecule has 0 atom stereocenters. The van der Waals surface area contributed by atoms with Gasteiger partial charge in [-0.3, -0.25) is 9.59 Å². The van der Waals surface area contributed by atoms with Crippen molar-refractivity contribution in [3.05, 3.63) is 29.3 Å². The summed E-state index contributed by atoms with van der Waals surface area (Å²) in [6, 6.07) is 5.68. The number of carbonyl (C=O) groups excluding carboxylic acids is 2. The zero-order valence-corrected chi connectivity index (χ0v) is 15.7. The highest BCUT2D eigenvalue weighted by Crippen LogP contribution is 2.45. The van der Waals surface area contributed by atoms with E-state index in [9.17, 15) is 9.59 Å². The number of rotatable bonds is 4. The Morgan fingerprint density at radius 2 is 1.92 bits per heavy atom. The summed E-state index contributed by atoms with van der Waals surface area (Å²) in [5.74, 6) is 0.641. The fraction of sp³-hybridized carbons (Fsp3) is 0.600. The Hall–Kier alpha value is -1.88. The van der Waals surface area contributed by atoms with E-state index >= 15 is 0 Å². The van der Waals surface area contributed by atoms with Crippen LogP contribution in [0.2, 0.25) is 0 Å². The Morgan fingerprint density at radius 3 is 2.52 bits per heavy atom. The van der Waals surface area contributed by atoms with Gasteiger partial charge in [0.25, 0.3) is 5.91 Å². The van der Waals surface area contributed by atoms with E-state index in [4.69, 9.17) is 0 Å². The molecule has 3 rings (SSSR count). The Bertz CT molecular complexity index is 674. The molecule has 1 aromatic carbocycles. The minimum atomic E-state index is -0.475. The standard InChI is InChI=1S/C20H29N3O2/c1-13(2)12-23-9-7-20(8-10-23)16-11-15(18(24)21-14(3)4)5-6-17(16)22-19(20)25/h5-6,11,13-14H,7-10,12H2,1-4H3,(H,21,24)(H,22,25). The van der Waals surface area contributed by atoms with Crippen molar-refractivity contribution in [2.24, 2.45) is 5.92 Å². The molecule has 5 heteroatoms. The van der Waals surface area contributed by atoms with E-state index in [1.165, 1.54) is 0 Å². The molecule has 2 aliphatic rings. The quantitative estimate of drug-likeness (QED) is 0.884. The molecule has 0 unspecified atom stereocenters. The van der Waals surface area contributed by atoms with E-state index in [1.807, 2.05) is 26.0 Å². The number of amides is 2. The summed E-state index contributed by atoms with van der Waals surface area (Å²) in [6.07, 6.45) is 1.63. The lowest BCUT2D eigenvalue weighted by molar-refractivity contribution is -0.122. The zero-order chi connectivity index (χ0) is 18.2. The van der Waals surface area contributed by atoms with Gasteiger partial charge in [-0.2, -0.15) is 0 Å². The molecule has 5 nitrogen and oxygen atoms in total. The van der Waals surface area contributed by atoms with E-state index in [1.54, 1.807) is 6.07 Å². The Kier molecular flexibility index (Phi) is 4.87. The fourth-order valence-corrected chi connectivity index (χ4v) is 4.03. The number of carbonyl (C=O) groups is 2. The summed E-state index contributed by atoms with van der Waals surface area (Å²) in [5.41, 5.74) is 2.02. The second kappa shape index (κ2) is 6.79. The van der Waals surface area contributed by atoms with E-state index in [0.717, 1.165) is 43.7 Å². The first-order valence-corrected chi connectivity index (χ1v) is 9.31. The number of fused-ring (bicyclic) bond motifs is 2. The smallest absolute Gasteiger partial charge is 0.251 e. The maximum Gasteiger partial charge on any atom is 0.251 e. The number of likely N-dealkylation sites (tertiary alicyclic amines) is 1. The molecule has 0 radical (unpaired) electrons. The molecule has 0 aromatic heterocycles. The van der Waals surface area contributed by atoms with Crippen LogP contribution in [0.25, 0.3) is 0 Å². The first-order valence-electron chi connectivity index (χ1n) is 9.31. The van der Waals surface area contributed by atoms with E-state index in [-0.39, 0.29) is 17.9 Å². The van der Waals surface area contributed by atoms with Crippen LogP contribution in [0.4, 0.5) is 5.69 Å². The van der Waals surface area contributed by atoms with Crippen molar-refractivity contribution < 1.29 is 9.59 Å². The molecule has 2 heterocycles. The molecule has 2 amide bonds. The predicted octanol–water partition coefficient (Wildman–Crippen LogP) is 2.77. The van der Waals surface area contributed by atoms with Crippen molar-refractivity contribution in [3.63, 3.8) is 0 Å². The highest BCUT2D eigenvalue weighted by Gasteiger charge is 2.48.